The molecule has 0 spiro atoms. The lowest BCUT2D eigenvalue weighted by Crippen LogP contribution is -2.54. The van der Waals surface area contributed by atoms with Gasteiger partial charge in [-0.1, -0.05) is 32.1 Å². The molecule has 36 heavy (non-hydrogen) atoms. The molecular formula is C30H42F2N4. The highest BCUT2D eigenvalue weighted by Gasteiger charge is 2.46. The first kappa shape index (κ1) is 26.5. The lowest BCUT2D eigenvalue weighted by Gasteiger charge is -2.45. The molecule has 2 aliphatic heterocycles. The minimum Gasteiger partial charge on any atom is -0.399 e. The summed E-state index contributed by atoms with van der Waals surface area (Å²) in [5, 5.41) is 0. The first-order valence-corrected chi connectivity index (χ1v) is 13.5. The Kier molecular flexibility index (Phi) is 8.23. The highest BCUT2D eigenvalue weighted by molar-refractivity contribution is 5.63. The number of hydrogen-bond acceptors (Lipinski definition) is 4. The van der Waals surface area contributed by atoms with Crippen molar-refractivity contribution in [3.05, 3.63) is 65.9 Å². The van der Waals surface area contributed by atoms with E-state index in [1.54, 1.807) is 24.3 Å². The van der Waals surface area contributed by atoms with E-state index in [-0.39, 0.29) is 12.6 Å². The number of unbranched alkanes of at least 4 members (excludes halogenated alkanes) is 1. The van der Waals surface area contributed by atoms with E-state index in [0.29, 0.717) is 17.7 Å². The van der Waals surface area contributed by atoms with Crippen molar-refractivity contribution < 1.29 is 8.78 Å². The molecule has 6 heteroatoms. The standard InChI is InChI=1S/C30H42F2N4/c1-5-6-16-36(22(2)3)29-12-11-27(20-23(29)4)34-17-13-26(14-18-34)35-19-15-28(30(31,32)21-35)24-7-9-25(33)10-8-24/h7-12,20,26,28H,2,5-6,13-19,21,33H2,1,3-4H3/t28-/m0/s1. The highest BCUT2D eigenvalue weighted by Crippen LogP contribution is 2.42. The minimum atomic E-state index is -2.73. The average molecular weight is 497 g/mol. The van der Waals surface area contributed by atoms with Crippen LogP contribution in [0.2, 0.25) is 0 Å². The van der Waals surface area contributed by atoms with Crippen LogP contribution < -0.4 is 15.5 Å². The van der Waals surface area contributed by atoms with Gasteiger partial charge in [0, 0.05) is 48.4 Å². The van der Waals surface area contributed by atoms with Crippen LogP contribution in [0.3, 0.4) is 0 Å². The number of allylic oxidation sites excluding steroid dienone is 1. The maximum Gasteiger partial charge on any atom is 0.267 e. The Balaban J connectivity index is 1.36. The zero-order valence-electron chi connectivity index (χ0n) is 22.1. The van der Waals surface area contributed by atoms with E-state index in [0.717, 1.165) is 57.6 Å². The fourth-order valence-corrected chi connectivity index (χ4v) is 5.88. The van der Waals surface area contributed by atoms with Gasteiger partial charge in [0.15, 0.2) is 0 Å². The summed E-state index contributed by atoms with van der Waals surface area (Å²) >= 11 is 0. The van der Waals surface area contributed by atoms with E-state index in [1.165, 1.54) is 16.9 Å². The van der Waals surface area contributed by atoms with Crippen LogP contribution in [0.5, 0.6) is 0 Å². The summed E-state index contributed by atoms with van der Waals surface area (Å²) in [5.41, 5.74) is 11.8. The fraction of sp³-hybridized carbons (Fsp3) is 0.533. The molecule has 2 aliphatic rings. The Morgan fingerprint density at radius 1 is 1.08 bits per heavy atom. The van der Waals surface area contributed by atoms with Gasteiger partial charge in [0.25, 0.3) is 5.92 Å². The molecule has 196 valence electrons. The van der Waals surface area contributed by atoms with Gasteiger partial charge in [-0.15, -0.1) is 0 Å². The summed E-state index contributed by atoms with van der Waals surface area (Å²) in [5.74, 6) is -3.46. The Hall–Kier alpha value is -2.60. The maximum atomic E-state index is 15.2. The third-order valence-corrected chi connectivity index (χ3v) is 7.98. The number of nitrogens with two attached hydrogens (primary N) is 1. The van der Waals surface area contributed by atoms with Crippen molar-refractivity contribution >= 4 is 17.1 Å². The third-order valence-electron chi connectivity index (χ3n) is 7.98. The molecule has 0 saturated carbocycles. The molecule has 0 unspecified atom stereocenters. The van der Waals surface area contributed by atoms with Crippen molar-refractivity contribution in [3.8, 4) is 0 Å². The quantitative estimate of drug-likeness (QED) is 0.407. The predicted octanol–water partition coefficient (Wildman–Crippen LogP) is 6.81. The van der Waals surface area contributed by atoms with Crippen molar-refractivity contribution in [2.45, 2.75) is 70.8 Å². The molecule has 2 N–H and O–H groups in total. The average Bonchev–Trinajstić information content (AvgIpc) is 2.85. The topological polar surface area (TPSA) is 35.7 Å². The van der Waals surface area contributed by atoms with Crippen LogP contribution in [-0.4, -0.2) is 49.6 Å². The summed E-state index contributed by atoms with van der Waals surface area (Å²) in [6.45, 7) is 14.0. The minimum absolute atomic E-state index is 0.158. The van der Waals surface area contributed by atoms with Gasteiger partial charge in [-0.25, -0.2) is 8.78 Å². The van der Waals surface area contributed by atoms with Gasteiger partial charge in [-0.2, -0.15) is 0 Å². The second-order valence-electron chi connectivity index (χ2n) is 10.7. The first-order chi connectivity index (χ1) is 17.2. The number of benzene rings is 2. The van der Waals surface area contributed by atoms with Crippen molar-refractivity contribution in [2.24, 2.45) is 0 Å². The smallest absolute Gasteiger partial charge is 0.267 e. The molecular weight excluding hydrogens is 454 g/mol. The van der Waals surface area contributed by atoms with Gasteiger partial charge in [0.05, 0.1) is 12.5 Å². The Bertz CT molecular complexity index is 1030. The second-order valence-corrected chi connectivity index (χ2v) is 10.7. The van der Waals surface area contributed by atoms with Gasteiger partial charge in [0.2, 0.25) is 0 Å². The normalized spacial score (nSPS) is 20.9. The highest BCUT2D eigenvalue weighted by atomic mass is 19.3. The van der Waals surface area contributed by atoms with Crippen molar-refractivity contribution in [2.75, 3.05) is 48.3 Å². The number of hydrogen-bond donors (Lipinski definition) is 1. The number of rotatable bonds is 8. The molecule has 2 fully saturated rings. The lowest BCUT2D eigenvalue weighted by atomic mass is 9.85. The second kappa shape index (κ2) is 11.2. The van der Waals surface area contributed by atoms with Crippen LogP contribution >= 0.6 is 0 Å². The van der Waals surface area contributed by atoms with Crippen LogP contribution in [0.25, 0.3) is 0 Å². The van der Waals surface area contributed by atoms with Crippen LogP contribution in [0.4, 0.5) is 25.8 Å². The van der Waals surface area contributed by atoms with E-state index in [9.17, 15) is 0 Å². The van der Waals surface area contributed by atoms with E-state index in [1.807, 2.05) is 4.90 Å². The van der Waals surface area contributed by atoms with Gasteiger partial charge in [0.1, 0.15) is 0 Å². The number of likely N-dealkylation sites (tertiary alicyclic amines) is 1. The van der Waals surface area contributed by atoms with Crippen LogP contribution in [0.15, 0.2) is 54.7 Å². The van der Waals surface area contributed by atoms with E-state index < -0.39 is 11.8 Å². The Labute approximate surface area is 215 Å². The molecule has 0 amide bonds. The lowest BCUT2D eigenvalue weighted by molar-refractivity contribution is -0.0946. The molecule has 4 rings (SSSR count). The number of nitrogens with zero attached hydrogens (tertiary/aromatic N) is 3. The zero-order valence-corrected chi connectivity index (χ0v) is 22.1. The van der Waals surface area contributed by atoms with Gasteiger partial charge >= 0.3 is 0 Å². The first-order valence-electron chi connectivity index (χ1n) is 13.5. The number of nitrogen functional groups attached to an aromatic ring is 1. The molecule has 0 aromatic heterocycles. The maximum absolute atomic E-state index is 15.2. The van der Waals surface area contributed by atoms with Gasteiger partial charge in [-0.3, -0.25) is 4.90 Å². The molecule has 0 aliphatic carbocycles. The number of halogens is 2. The summed E-state index contributed by atoms with van der Waals surface area (Å²) in [7, 11) is 0. The van der Waals surface area contributed by atoms with Crippen LogP contribution in [0, 0.1) is 6.92 Å². The number of anilines is 3. The largest absolute Gasteiger partial charge is 0.399 e. The molecule has 2 aromatic rings. The Morgan fingerprint density at radius 2 is 1.78 bits per heavy atom. The zero-order chi connectivity index (χ0) is 25.9. The van der Waals surface area contributed by atoms with E-state index >= 15 is 8.78 Å². The van der Waals surface area contributed by atoms with Gasteiger partial charge < -0.3 is 15.5 Å². The number of piperidine rings is 2. The van der Waals surface area contributed by atoms with Crippen molar-refractivity contribution in [1.82, 2.24) is 4.90 Å². The third kappa shape index (κ3) is 5.86. The van der Waals surface area contributed by atoms with Crippen LogP contribution in [-0.2, 0) is 0 Å². The monoisotopic (exact) mass is 496 g/mol. The molecule has 0 bridgehead atoms. The van der Waals surface area contributed by atoms with Crippen LogP contribution in [0.1, 0.15) is 63.0 Å². The SMILES string of the molecule is C=C(C)N(CCCC)c1ccc(N2CCC(N3CC[C@@H](c4ccc(N)cc4)C(F)(F)C3)CC2)cc1C. The molecule has 2 heterocycles. The van der Waals surface area contributed by atoms with Gasteiger partial charge in [-0.05, 0) is 87.5 Å². The van der Waals surface area contributed by atoms with Crippen molar-refractivity contribution in [3.63, 3.8) is 0 Å². The predicted molar refractivity (Wildman–Crippen MR) is 148 cm³/mol. The number of aryl methyl sites for hydroxylation is 1. The summed E-state index contributed by atoms with van der Waals surface area (Å²) in [6, 6.07) is 13.9. The summed E-state index contributed by atoms with van der Waals surface area (Å²) < 4.78 is 30.4. The molecule has 2 aromatic carbocycles. The fourth-order valence-electron chi connectivity index (χ4n) is 5.88. The van der Waals surface area contributed by atoms with E-state index in [2.05, 4.69) is 55.3 Å². The molecule has 0 radical (unpaired) electrons. The molecule has 4 nitrogen and oxygen atoms in total. The summed E-state index contributed by atoms with van der Waals surface area (Å²) in [4.78, 5) is 6.75. The molecule has 1 atom stereocenters. The summed E-state index contributed by atoms with van der Waals surface area (Å²) in [6.07, 6.45) is 4.60. The van der Waals surface area contributed by atoms with E-state index in [4.69, 9.17) is 5.73 Å². The van der Waals surface area contributed by atoms with Crippen molar-refractivity contribution in [1.29, 1.82) is 0 Å². The molecule has 2 saturated heterocycles. The Morgan fingerprint density at radius 3 is 2.36 bits per heavy atom. The number of alkyl halides is 2.